The molecule has 1 unspecified atom stereocenters. The van der Waals surface area contributed by atoms with Gasteiger partial charge in [0.15, 0.2) is 0 Å². The summed E-state index contributed by atoms with van der Waals surface area (Å²) in [5.41, 5.74) is 1.17. The third-order valence-corrected chi connectivity index (χ3v) is 9.45. The molecule has 0 aromatic heterocycles. The Morgan fingerprint density at radius 3 is 2.25 bits per heavy atom. The van der Waals surface area contributed by atoms with Gasteiger partial charge in [-0.1, -0.05) is 69.2 Å². The summed E-state index contributed by atoms with van der Waals surface area (Å²) >= 11 is 0. The minimum absolute atomic E-state index is 0.0842. The average Bonchev–Trinajstić information content (AvgIpc) is 3.31. The van der Waals surface area contributed by atoms with Gasteiger partial charge in [-0.15, -0.1) is 0 Å². The number of hydrogen-bond donors (Lipinski definition) is 0. The first-order valence-corrected chi connectivity index (χ1v) is 14.7. The lowest BCUT2D eigenvalue weighted by atomic mass is 9.85. The van der Waals surface area contributed by atoms with E-state index in [4.69, 9.17) is 0 Å². The smallest absolute Gasteiger partial charge is 0.212 e. The maximum Gasteiger partial charge on any atom is 0.214 e. The van der Waals surface area contributed by atoms with Crippen LogP contribution in [0.4, 0.5) is 0 Å². The lowest BCUT2D eigenvalue weighted by molar-refractivity contribution is 0.335. The Kier molecular flexibility index (Phi) is 5.24. The predicted molar refractivity (Wildman–Crippen MR) is 103 cm³/mol. The predicted octanol–water partition coefficient (Wildman–Crippen LogP) is 4.66. The summed E-state index contributed by atoms with van der Waals surface area (Å²) in [6.45, 7) is 6.74. The fourth-order valence-corrected chi connectivity index (χ4v) is 8.95. The number of sulfonamides is 1. The third-order valence-electron chi connectivity index (χ3n) is 5.51. The summed E-state index contributed by atoms with van der Waals surface area (Å²) in [5, 5.41) is 0. The first-order valence-electron chi connectivity index (χ1n) is 9.36. The fourth-order valence-electron chi connectivity index (χ4n) is 4.06. The standard InChI is InChI=1S/C19H31NO2SSi/c1-24(2,3)15-14-23(21,22)20-18(16-10-6-4-7-11-16)19(20)17-12-8-5-9-13-17/h4,6-7,10-11,17-19H,5,8-9,12-15H2,1-3H3/t18-,19+,20?/m1/s1. The Morgan fingerprint density at radius 1 is 1.04 bits per heavy atom. The quantitative estimate of drug-likeness (QED) is 0.543. The Balaban J connectivity index is 1.80. The molecule has 3 atom stereocenters. The molecule has 0 radical (unpaired) electrons. The molecule has 0 amide bonds. The molecule has 1 aliphatic carbocycles. The highest BCUT2D eigenvalue weighted by atomic mass is 32.2. The Hall–Kier alpha value is -0.653. The molecule has 24 heavy (non-hydrogen) atoms. The Bertz CT molecular complexity index is 648. The molecule has 2 aliphatic rings. The monoisotopic (exact) mass is 365 g/mol. The normalized spacial score (nSPS) is 28.7. The number of nitrogens with zero attached hydrogens (tertiary/aromatic N) is 1. The topological polar surface area (TPSA) is 37.1 Å². The van der Waals surface area contributed by atoms with E-state index in [0.717, 1.165) is 6.04 Å². The highest BCUT2D eigenvalue weighted by molar-refractivity contribution is 7.89. The van der Waals surface area contributed by atoms with Gasteiger partial charge in [-0.3, -0.25) is 0 Å². The molecule has 134 valence electrons. The van der Waals surface area contributed by atoms with Crippen molar-refractivity contribution in [2.24, 2.45) is 5.92 Å². The van der Waals surface area contributed by atoms with Crippen molar-refractivity contribution in [1.29, 1.82) is 0 Å². The van der Waals surface area contributed by atoms with Crippen LogP contribution in [-0.4, -0.2) is 32.6 Å². The second kappa shape index (κ2) is 6.93. The van der Waals surface area contributed by atoms with E-state index in [1.165, 1.54) is 37.7 Å². The highest BCUT2D eigenvalue weighted by Gasteiger charge is 2.58. The minimum Gasteiger partial charge on any atom is -0.212 e. The molecule has 5 heteroatoms. The molecule has 1 aromatic carbocycles. The van der Waals surface area contributed by atoms with Gasteiger partial charge < -0.3 is 0 Å². The Labute approximate surface area is 148 Å². The molecule has 0 bridgehead atoms. The first kappa shape index (κ1) is 18.1. The maximum atomic E-state index is 13.0. The third kappa shape index (κ3) is 4.11. The molecule has 0 N–H and O–H groups in total. The van der Waals surface area contributed by atoms with Crippen LogP contribution < -0.4 is 0 Å². The van der Waals surface area contributed by atoms with Gasteiger partial charge in [-0.25, -0.2) is 8.42 Å². The average molecular weight is 366 g/mol. The van der Waals surface area contributed by atoms with Crippen LogP contribution in [0.3, 0.4) is 0 Å². The molecular formula is C19H31NO2SSi. The van der Waals surface area contributed by atoms with Crippen molar-refractivity contribution in [2.75, 3.05) is 5.75 Å². The van der Waals surface area contributed by atoms with E-state index >= 15 is 0 Å². The van der Waals surface area contributed by atoms with Crippen LogP contribution in [0.5, 0.6) is 0 Å². The van der Waals surface area contributed by atoms with Crippen LogP contribution in [0, 0.1) is 5.92 Å². The summed E-state index contributed by atoms with van der Waals surface area (Å²) in [7, 11) is -4.50. The van der Waals surface area contributed by atoms with E-state index in [1.54, 1.807) is 0 Å². The summed E-state index contributed by atoms with van der Waals surface area (Å²) in [4.78, 5) is 0. The molecule has 1 aromatic rings. The van der Waals surface area contributed by atoms with Crippen molar-refractivity contribution < 1.29 is 8.42 Å². The second-order valence-electron chi connectivity index (χ2n) is 8.70. The van der Waals surface area contributed by atoms with Crippen molar-refractivity contribution in [3.8, 4) is 0 Å². The van der Waals surface area contributed by atoms with Crippen LogP contribution in [0.25, 0.3) is 0 Å². The SMILES string of the molecule is C[Si](C)(C)CCS(=O)(=O)N1[C@H](c2ccccc2)[C@@H]1C1CCCCC1. The number of hydrogen-bond acceptors (Lipinski definition) is 2. The zero-order valence-electron chi connectivity index (χ0n) is 15.2. The molecule has 1 aliphatic heterocycles. The van der Waals surface area contributed by atoms with Gasteiger partial charge in [-0.05, 0) is 30.4 Å². The largest absolute Gasteiger partial charge is 0.214 e. The van der Waals surface area contributed by atoms with Gasteiger partial charge in [0.05, 0.1) is 11.8 Å². The second-order valence-corrected chi connectivity index (χ2v) is 16.3. The minimum atomic E-state index is -3.15. The number of rotatable bonds is 6. The van der Waals surface area contributed by atoms with E-state index in [9.17, 15) is 8.42 Å². The van der Waals surface area contributed by atoms with E-state index in [1.807, 2.05) is 22.5 Å². The van der Waals surface area contributed by atoms with Crippen LogP contribution in [0.2, 0.25) is 25.7 Å². The number of benzene rings is 1. The van der Waals surface area contributed by atoms with Crippen LogP contribution >= 0.6 is 0 Å². The van der Waals surface area contributed by atoms with Crippen LogP contribution in [0.15, 0.2) is 30.3 Å². The van der Waals surface area contributed by atoms with Crippen molar-refractivity contribution in [3.63, 3.8) is 0 Å². The maximum absolute atomic E-state index is 13.0. The fraction of sp³-hybridized carbons (Fsp3) is 0.684. The van der Waals surface area contributed by atoms with E-state index in [2.05, 4.69) is 31.8 Å². The van der Waals surface area contributed by atoms with Gasteiger partial charge in [0.2, 0.25) is 10.0 Å². The molecule has 1 saturated heterocycles. The van der Waals surface area contributed by atoms with Crippen LogP contribution in [0.1, 0.15) is 43.7 Å². The Morgan fingerprint density at radius 2 is 1.67 bits per heavy atom. The van der Waals surface area contributed by atoms with E-state index in [0.29, 0.717) is 11.7 Å². The summed E-state index contributed by atoms with van der Waals surface area (Å²) in [5.74, 6) is 0.876. The molecule has 1 saturated carbocycles. The molecule has 3 rings (SSSR count). The van der Waals surface area contributed by atoms with Gasteiger partial charge in [-0.2, -0.15) is 4.31 Å². The first-order chi connectivity index (χ1) is 11.3. The lowest BCUT2D eigenvalue weighted by Crippen LogP contribution is -2.28. The molecule has 3 nitrogen and oxygen atoms in total. The van der Waals surface area contributed by atoms with Crippen LogP contribution in [-0.2, 0) is 10.0 Å². The van der Waals surface area contributed by atoms with Crippen molar-refractivity contribution in [2.45, 2.75) is 69.9 Å². The van der Waals surface area contributed by atoms with E-state index < -0.39 is 18.1 Å². The van der Waals surface area contributed by atoms with Crippen molar-refractivity contribution in [3.05, 3.63) is 35.9 Å². The zero-order valence-corrected chi connectivity index (χ0v) is 17.1. The van der Waals surface area contributed by atoms with E-state index in [-0.39, 0.29) is 12.1 Å². The van der Waals surface area contributed by atoms with Gasteiger partial charge in [0.25, 0.3) is 0 Å². The van der Waals surface area contributed by atoms with Gasteiger partial charge >= 0.3 is 0 Å². The summed E-state index contributed by atoms with van der Waals surface area (Å²) in [6, 6.07) is 11.4. The lowest BCUT2D eigenvalue weighted by Gasteiger charge is -2.22. The highest BCUT2D eigenvalue weighted by Crippen LogP contribution is 2.52. The molecule has 1 heterocycles. The summed E-state index contributed by atoms with van der Waals surface area (Å²) in [6.07, 6.45) is 6.20. The molecule has 2 fully saturated rings. The summed E-state index contributed by atoms with van der Waals surface area (Å²) < 4.78 is 27.9. The van der Waals surface area contributed by atoms with Gasteiger partial charge in [0.1, 0.15) is 0 Å². The van der Waals surface area contributed by atoms with Gasteiger partial charge in [0, 0.05) is 14.1 Å². The zero-order chi connectivity index (χ0) is 17.4. The molecule has 0 spiro atoms. The molecular weight excluding hydrogens is 334 g/mol. The van der Waals surface area contributed by atoms with Crippen molar-refractivity contribution >= 4 is 18.1 Å². The van der Waals surface area contributed by atoms with Crippen molar-refractivity contribution in [1.82, 2.24) is 4.31 Å².